The molecule has 26 heavy (non-hydrogen) atoms. The largest absolute Gasteiger partial charge is 0.478 e. The number of hydrogen-bond acceptors (Lipinski definition) is 4. The summed E-state index contributed by atoms with van der Waals surface area (Å²) in [5.41, 5.74) is 2.80. The molecule has 1 heterocycles. The Morgan fingerprint density at radius 3 is 2.46 bits per heavy atom. The van der Waals surface area contributed by atoms with Crippen molar-refractivity contribution >= 4 is 5.97 Å². The number of rotatable bonds is 6. The molecule has 0 atom stereocenters. The summed E-state index contributed by atoms with van der Waals surface area (Å²) in [6, 6.07) is 14.4. The van der Waals surface area contributed by atoms with Crippen molar-refractivity contribution < 1.29 is 15.0 Å². The zero-order chi connectivity index (χ0) is 18.7. The molecule has 3 rings (SSSR count). The van der Waals surface area contributed by atoms with Gasteiger partial charge in [-0.25, -0.2) is 9.48 Å². The molecule has 0 aliphatic rings. The highest BCUT2D eigenvalue weighted by molar-refractivity contribution is 5.95. The molecule has 0 fully saturated rings. The molecule has 0 aliphatic carbocycles. The Bertz CT molecular complexity index is 914. The summed E-state index contributed by atoms with van der Waals surface area (Å²) in [6.07, 6.45) is 0.734. The highest BCUT2D eigenvalue weighted by Crippen LogP contribution is 2.24. The molecule has 134 valence electrons. The van der Waals surface area contributed by atoms with Crippen molar-refractivity contribution in [2.24, 2.45) is 5.92 Å². The number of nitrogens with zero attached hydrogens (tertiary/aromatic N) is 3. The van der Waals surface area contributed by atoms with Crippen molar-refractivity contribution in [1.82, 2.24) is 14.8 Å². The summed E-state index contributed by atoms with van der Waals surface area (Å²) in [4.78, 5) is 15.5. The quantitative estimate of drug-likeness (QED) is 0.708. The molecule has 0 amide bonds. The molecule has 6 nitrogen and oxygen atoms in total. The standard InChI is InChI=1S/C20H21N3O3/c1-13(2)11-18-21-20(26)22-23(18)12-14-7-9-15(10-8-14)16-5-3-4-6-17(16)19(24)25/h3-10,13H,11-12H2,1-2H3,(H,22,26)(H,24,25). The highest BCUT2D eigenvalue weighted by Gasteiger charge is 2.13. The predicted molar refractivity (Wildman–Crippen MR) is 98.2 cm³/mol. The lowest BCUT2D eigenvalue weighted by molar-refractivity contribution is 0.0697. The first kappa shape index (κ1) is 17.7. The van der Waals surface area contributed by atoms with Crippen LogP contribution in [0.3, 0.4) is 0 Å². The van der Waals surface area contributed by atoms with Gasteiger partial charge in [0.25, 0.3) is 0 Å². The smallest absolute Gasteiger partial charge is 0.336 e. The van der Waals surface area contributed by atoms with Crippen LogP contribution in [0.25, 0.3) is 11.1 Å². The van der Waals surface area contributed by atoms with E-state index in [1.165, 1.54) is 0 Å². The molecule has 0 radical (unpaired) electrons. The lowest BCUT2D eigenvalue weighted by Gasteiger charge is -2.09. The van der Waals surface area contributed by atoms with E-state index in [0.717, 1.165) is 23.4 Å². The number of aromatic nitrogens is 3. The first-order chi connectivity index (χ1) is 12.4. The number of hydrogen-bond donors (Lipinski definition) is 2. The maximum atomic E-state index is 11.4. The fourth-order valence-electron chi connectivity index (χ4n) is 2.89. The maximum Gasteiger partial charge on any atom is 0.336 e. The highest BCUT2D eigenvalue weighted by atomic mass is 16.4. The topological polar surface area (TPSA) is 88.2 Å². The van der Waals surface area contributed by atoms with Crippen LogP contribution in [-0.2, 0) is 13.0 Å². The second kappa shape index (κ2) is 7.39. The third kappa shape index (κ3) is 3.91. The van der Waals surface area contributed by atoms with Crippen LogP contribution in [0.5, 0.6) is 6.01 Å². The number of carboxylic acid groups (broad SMARTS) is 1. The zero-order valence-corrected chi connectivity index (χ0v) is 14.8. The van der Waals surface area contributed by atoms with E-state index in [1.807, 2.05) is 30.3 Å². The van der Waals surface area contributed by atoms with E-state index >= 15 is 0 Å². The molecule has 0 saturated heterocycles. The SMILES string of the molecule is CC(C)Cc1nc(O)nn1Cc1ccc(-c2ccccc2C(=O)O)cc1. The minimum Gasteiger partial charge on any atom is -0.478 e. The average molecular weight is 351 g/mol. The van der Waals surface area contributed by atoms with Crippen LogP contribution in [-0.4, -0.2) is 30.9 Å². The molecule has 3 aromatic rings. The van der Waals surface area contributed by atoms with Crippen LogP contribution in [0, 0.1) is 5.92 Å². The summed E-state index contributed by atoms with van der Waals surface area (Å²) in [5, 5.41) is 23.0. The van der Waals surface area contributed by atoms with Crippen molar-refractivity contribution in [3.8, 4) is 17.1 Å². The van der Waals surface area contributed by atoms with Crippen LogP contribution < -0.4 is 0 Å². The second-order valence-corrected chi connectivity index (χ2v) is 6.63. The fourth-order valence-corrected chi connectivity index (χ4v) is 2.89. The number of aromatic hydroxyl groups is 1. The number of benzene rings is 2. The van der Waals surface area contributed by atoms with Crippen LogP contribution >= 0.6 is 0 Å². The third-order valence-electron chi connectivity index (χ3n) is 4.08. The molecule has 0 aliphatic heterocycles. The van der Waals surface area contributed by atoms with Crippen molar-refractivity contribution in [1.29, 1.82) is 0 Å². The molecular formula is C20H21N3O3. The number of carbonyl (C=O) groups is 1. The van der Waals surface area contributed by atoms with Gasteiger partial charge in [0, 0.05) is 6.42 Å². The third-order valence-corrected chi connectivity index (χ3v) is 4.08. The van der Waals surface area contributed by atoms with E-state index in [9.17, 15) is 15.0 Å². The first-order valence-corrected chi connectivity index (χ1v) is 8.48. The first-order valence-electron chi connectivity index (χ1n) is 8.48. The molecule has 2 aromatic carbocycles. The molecule has 0 unspecified atom stereocenters. The lowest BCUT2D eigenvalue weighted by Crippen LogP contribution is -2.09. The van der Waals surface area contributed by atoms with E-state index in [4.69, 9.17) is 0 Å². The van der Waals surface area contributed by atoms with E-state index in [0.29, 0.717) is 18.0 Å². The van der Waals surface area contributed by atoms with Gasteiger partial charge in [0.15, 0.2) is 0 Å². The normalized spacial score (nSPS) is 11.0. The predicted octanol–water partition coefficient (Wildman–Crippen LogP) is 3.60. The Hall–Kier alpha value is -3.15. The van der Waals surface area contributed by atoms with Crippen molar-refractivity contribution in [3.05, 3.63) is 65.5 Å². The Labute approximate surface area is 151 Å². The Morgan fingerprint density at radius 1 is 1.12 bits per heavy atom. The van der Waals surface area contributed by atoms with E-state index in [2.05, 4.69) is 23.9 Å². The van der Waals surface area contributed by atoms with Gasteiger partial charge in [-0.1, -0.05) is 56.3 Å². The van der Waals surface area contributed by atoms with Gasteiger partial charge in [-0.2, -0.15) is 4.98 Å². The van der Waals surface area contributed by atoms with Crippen LogP contribution in [0.15, 0.2) is 48.5 Å². The molecule has 2 N–H and O–H groups in total. The van der Waals surface area contributed by atoms with E-state index in [-0.39, 0.29) is 11.6 Å². The monoisotopic (exact) mass is 351 g/mol. The van der Waals surface area contributed by atoms with Gasteiger partial charge in [0.05, 0.1) is 12.1 Å². The minimum absolute atomic E-state index is 0.215. The van der Waals surface area contributed by atoms with Gasteiger partial charge in [-0.05, 0) is 28.7 Å². The van der Waals surface area contributed by atoms with Crippen molar-refractivity contribution in [3.63, 3.8) is 0 Å². The van der Waals surface area contributed by atoms with Crippen LogP contribution in [0.4, 0.5) is 0 Å². The molecule has 0 spiro atoms. The van der Waals surface area contributed by atoms with Gasteiger partial charge in [0.1, 0.15) is 5.82 Å². The second-order valence-electron chi connectivity index (χ2n) is 6.63. The van der Waals surface area contributed by atoms with E-state index < -0.39 is 5.97 Å². The summed E-state index contributed by atoms with van der Waals surface area (Å²) >= 11 is 0. The van der Waals surface area contributed by atoms with Gasteiger partial charge >= 0.3 is 12.0 Å². The summed E-state index contributed by atoms with van der Waals surface area (Å²) in [6.45, 7) is 4.67. The van der Waals surface area contributed by atoms with Crippen LogP contribution in [0.1, 0.15) is 35.6 Å². The summed E-state index contributed by atoms with van der Waals surface area (Å²) in [7, 11) is 0. The molecule has 0 bridgehead atoms. The average Bonchev–Trinajstić information content (AvgIpc) is 2.94. The Balaban J connectivity index is 1.85. The van der Waals surface area contributed by atoms with Gasteiger partial charge in [0.2, 0.25) is 0 Å². The minimum atomic E-state index is -0.943. The van der Waals surface area contributed by atoms with Gasteiger partial charge in [-0.15, -0.1) is 5.10 Å². The fraction of sp³-hybridized carbons (Fsp3) is 0.250. The van der Waals surface area contributed by atoms with Crippen molar-refractivity contribution in [2.45, 2.75) is 26.8 Å². The van der Waals surface area contributed by atoms with Crippen LogP contribution in [0.2, 0.25) is 0 Å². The van der Waals surface area contributed by atoms with Gasteiger partial charge in [-0.3, -0.25) is 0 Å². The lowest BCUT2D eigenvalue weighted by atomic mass is 9.99. The molecular weight excluding hydrogens is 330 g/mol. The van der Waals surface area contributed by atoms with Gasteiger partial charge < -0.3 is 10.2 Å². The number of aromatic carboxylic acids is 1. The maximum absolute atomic E-state index is 11.4. The summed E-state index contributed by atoms with van der Waals surface area (Å²) < 4.78 is 1.70. The van der Waals surface area contributed by atoms with E-state index in [1.54, 1.807) is 22.9 Å². The number of carboxylic acids is 1. The zero-order valence-electron chi connectivity index (χ0n) is 14.8. The summed E-state index contributed by atoms with van der Waals surface area (Å²) in [5.74, 6) is 0.214. The Kier molecular flexibility index (Phi) is 5.02. The molecule has 6 heteroatoms. The van der Waals surface area contributed by atoms with Crippen molar-refractivity contribution in [2.75, 3.05) is 0 Å². The molecule has 0 saturated carbocycles. The molecule has 1 aromatic heterocycles. The Morgan fingerprint density at radius 2 is 1.81 bits per heavy atom.